The van der Waals surface area contributed by atoms with Gasteiger partial charge in [0, 0.05) is 34.6 Å². The third kappa shape index (κ3) is 3.69. The summed E-state index contributed by atoms with van der Waals surface area (Å²) in [6.07, 6.45) is 2.18. The number of nitrogens with zero attached hydrogens (tertiary/aromatic N) is 1. The number of ether oxygens (including phenoxy) is 1. The average molecular weight is 387 g/mol. The number of hydrogen-bond donors (Lipinski definition) is 2. The number of carbonyl (C=O) groups excluding carboxylic acids is 2. The third-order valence-corrected chi connectivity index (χ3v) is 4.98. The van der Waals surface area contributed by atoms with Crippen LogP contribution in [0.2, 0.25) is 0 Å². The first-order valence-electron chi connectivity index (χ1n) is 9.37. The van der Waals surface area contributed by atoms with Crippen LogP contribution in [-0.4, -0.2) is 35.0 Å². The summed E-state index contributed by atoms with van der Waals surface area (Å²) in [7, 11) is 1.32. The van der Waals surface area contributed by atoms with Crippen LogP contribution in [0.25, 0.3) is 21.8 Å². The average Bonchev–Trinajstić information content (AvgIpc) is 3.15. The first kappa shape index (κ1) is 18.7. The summed E-state index contributed by atoms with van der Waals surface area (Å²) in [5.74, 6) is -0.819. The van der Waals surface area contributed by atoms with E-state index in [9.17, 15) is 9.59 Å². The number of fused-ring (bicyclic) bond motifs is 2. The van der Waals surface area contributed by atoms with E-state index in [-0.39, 0.29) is 5.91 Å². The van der Waals surface area contributed by atoms with Gasteiger partial charge in [0.25, 0.3) is 5.91 Å². The van der Waals surface area contributed by atoms with Gasteiger partial charge in [0.2, 0.25) is 0 Å². The van der Waals surface area contributed by atoms with Crippen molar-refractivity contribution >= 4 is 33.7 Å². The molecule has 29 heavy (non-hydrogen) atoms. The van der Waals surface area contributed by atoms with Crippen molar-refractivity contribution in [3.63, 3.8) is 0 Å². The highest BCUT2D eigenvalue weighted by Gasteiger charge is 2.25. The molecule has 0 aliphatic heterocycles. The second kappa shape index (κ2) is 7.75. The summed E-state index contributed by atoms with van der Waals surface area (Å²) in [5.41, 5.74) is 3.88. The molecule has 6 heteroatoms. The topological polar surface area (TPSA) is 84.1 Å². The van der Waals surface area contributed by atoms with Crippen LogP contribution >= 0.6 is 0 Å². The molecule has 2 N–H and O–H groups in total. The fourth-order valence-corrected chi connectivity index (χ4v) is 3.59. The van der Waals surface area contributed by atoms with Gasteiger partial charge in [0.15, 0.2) is 0 Å². The largest absolute Gasteiger partial charge is 0.467 e. The fraction of sp³-hybridized carbons (Fsp3) is 0.174. The molecule has 4 aromatic rings. The number of aromatic nitrogens is 2. The molecule has 0 spiro atoms. The minimum atomic E-state index is -0.807. The molecule has 146 valence electrons. The molecule has 0 bridgehead atoms. The number of aromatic amines is 1. The Kier molecular flexibility index (Phi) is 4.99. The lowest BCUT2D eigenvalue weighted by Crippen LogP contribution is -2.43. The number of esters is 1. The smallest absolute Gasteiger partial charge is 0.328 e. The molecule has 2 aromatic carbocycles. The quantitative estimate of drug-likeness (QED) is 0.513. The Morgan fingerprint density at radius 2 is 1.83 bits per heavy atom. The molecule has 0 aliphatic carbocycles. The maximum atomic E-state index is 13.1. The number of H-pyrrole nitrogens is 1. The Balaban J connectivity index is 1.65. The maximum absolute atomic E-state index is 13.1. The number of aryl methyl sites for hydroxylation is 1. The highest BCUT2D eigenvalue weighted by Crippen LogP contribution is 2.21. The van der Waals surface area contributed by atoms with Crippen molar-refractivity contribution in [1.29, 1.82) is 0 Å². The van der Waals surface area contributed by atoms with Crippen LogP contribution in [0.5, 0.6) is 0 Å². The first-order chi connectivity index (χ1) is 14.1. The Morgan fingerprint density at radius 3 is 2.62 bits per heavy atom. The summed E-state index contributed by atoms with van der Waals surface area (Å²) in [6.45, 7) is 1.84. The molecule has 1 unspecified atom stereocenters. The maximum Gasteiger partial charge on any atom is 0.328 e. The highest BCUT2D eigenvalue weighted by molar-refractivity contribution is 6.07. The van der Waals surface area contributed by atoms with Crippen molar-refractivity contribution < 1.29 is 14.3 Å². The predicted octanol–water partition coefficient (Wildman–Crippen LogP) is 3.54. The van der Waals surface area contributed by atoms with Crippen molar-refractivity contribution in [1.82, 2.24) is 15.3 Å². The SMILES string of the molecule is COC(=O)C(Cc1c[nH]c2ccccc12)NC(=O)c1cc(C)nc2ccccc12. The van der Waals surface area contributed by atoms with Crippen molar-refractivity contribution in [3.05, 3.63) is 77.6 Å². The van der Waals surface area contributed by atoms with Gasteiger partial charge in [-0.05, 0) is 30.7 Å². The Bertz CT molecular complexity index is 1210. The van der Waals surface area contributed by atoms with Gasteiger partial charge in [0.1, 0.15) is 6.04 Å². The highest BCUT2D eigenvalue weighted by atomic mass is 16.5. The summed E-state index contributed by atoms with van der Waals surface area (Å²) >= 11 is 0. The van der Waals surface area contributed by atoms with Crippen LogP contribution < -0.4 is 5.32 Å². The first-order valence-corrected chi connectivity index (χ1v) is 9.37. The van der Waals surface area contributed by atoms with Crippen LogP contribution in [-0.2, 0) is 16.0 Å². The molecular formula is C23H21N3O3. The minimum Gasteiger partial charge on any atom is -0.467 e. The number of methoxy groups -OCH3 is 1. The number of para-hydroxylation sites is 2. The summed E-state index contributed by atoms with van der Waals surface area (Å²) in [4.78, 5) is 33.2. The molecular weight excluding hydrogens is 366 g/mol. The molecule has 1 amide bonds. The zero-order valence-electron chi connectivity index (χ0n) is 16.2. The van der Waals surface area contributed by atoms with Crippen molar-refractivity contribution in [2.45, 2.75) is 19.4 Å². The summed E-state index contributed by atoms with van der Waals surface area (Å²) in [6, 6.07) is 16.2. The second-order valence-electron chi connectivity index (χ2n) is 6.94. The van der Waals surface area contributed by atoms with Gasteiger partial charge in [-0.25, -0.2) is 4.79 Å². The van der Waals surface area contributed by atoms with Gasteiger partial charge in [-0.3, -0.25) is 9.78 Å². The van der Waals surface area contributed by atoms with Crippen molar-refractivity contribution in [2.75, 3.05) is 7.11 Å². The van der Waals surface area contributed by atoms with Gasteiger partial charge in [-0.2, -0.15) is 0 Å². The van der Waals surface area contributed by atoms with E-state index >= 15 is 0 Å². The van der Waals surface area contributed by atoms with E-state index in [0.717, 1.165) is 33.1 Å². The van der Waals surface area contributed by atoms with Crippen LogP contribution in [0.15, 0.2) is 60.8 Å². The number of amides is 1. The zero-order valence-corrected chi connectivity index (χ0v) is 16.2. The summed E-state index contributed by atoms with van der Waals surface area (Å²) in [5, 5.41) is 4.61. The van der Waals surface area contributed by atoms with Gasteiger partial charge in [0.05, 0.1) is 18.2 Å². The van der Waals surface area contributed by atoms with Gasteiger partial charge in [-0.15, -0.1) is 0 Å². The van der Waals surface area contributed by atoms with Crippen LogP contribution in [0.4, 0.5) is 0 Å². The van der Waals surface area contributed by atoms with Crippen molar-refractivity contribution in [2.24, 2.45) is 0 Å². The van der Waals surface area contributed by atoms with Crippen molar-refractivity contribution in [3.8, 4) is 0 Å². The lowest BCUT2D eigenvalue weighted by Gasteiger charge is -2.17. The van der Waals surface area contributed by atoms with E-state index in [1.165, 1.54) is 7.11 Å². The van der Waals surface area contributed by atoms with E-state index in [0.29, 0.717) is 12.0 Å². The van der Waals surface area contributed by atoms with Gasteiger partial charge >= 0.3 is 5.97 Å². The summed E-state index contributed by atoms with van der Waals surface area (Å²) < 4.78 is 4.94. The van der Waals surface area contributed by atoms with Gasteiger partial charge in [-0.1, -0.05) is 36.4 Å². The Morgan fingerprint density at radius 1 is 1.10 bits per heavy atom. The lowest BCUT2D eigenvalue weighted by atomic mass is 10.0. The number of benzene rings is 2. The lowest BCUT2D eigenvalue weighted by molar-refractivity contribution is -0.142. The zero-order chi connectivity index (χ0) is 20.4. The molecule has 2 aromatic heterocycles. The minimum absolute atomic E-state index is 0.324. The van der Waals surface area contributed by atoms with Crippen LogP contribution in [0.3, 0.4) is 0 Å². The number of carbonyl (C=O) groups is 2. The standard InChI is InChI=1S/C23H21N3O3/c1-14-11-18(17-8-4-6-10-20(17)25-14)22(27)26-21(23(28)29-2)12-15-13-24-19-9-5-3-7-16(15)19/h3-11,13,21,24H,12H2,1-2H3,(H,26,27). The molecule has 4 rings (SSSR count). The second-order valence-corrected chi connectivity index (χ2v) is 6.94. The number of pyridine rings is 1. The monoisotopic (exact) mass is 387 g/mol. The van der Waals surface area contributed by atoms with E-state index in [1.807, 2.05) is 61.7 Å². The molecule has 0 fully saturated rings. The fourth-order valence-electron chi connectivity index (χ4n) is 3.59. The van der Waals surface area contributed by atoms with Crippen LogP contribution in [0.1, 0.15) is 21.6 Å². The van der Waals surface area contributed by atoms with Crippen LogP contribution in [0, 0.1) is 6.92 Å². The predicted molar refractivity (Wildman–Crippen MR) is 112 cm³/mol. The molecule has 0 radical (unpaired) electrons. The van der Waals surface area contributed by atoms with E-state index in [1.54, 1.807) is 6.07 Å². The van der Waals surface area contributed by atoms with E-state index < -0.39 is 12.0 Å². The Labute approximate surface area is 167 Å². The van der Waals surface area contributed by atoms with E-state index in [2.05, 4.69) is 15.3 Å². The third-order valence-electron chi connectivity index (χ3n) is 4.98. The van der Waals surface area contributed by atoms with Gasteiger partial charge < -0.3 is 15.0 Å². The number of nitrogens with one attached hydrogen (secondary N) is 2. The molecule has 1 atom stereocenters. The number of hydrogen-bond acceptors (Lipinski definition) is 4. The molecule has 0 saturated carbocycles. The number of rotatable bonds is 5. The van der Waals surface area contributed by atoms with E-state index in [4.69, 9.17) is 4.74 Å². The molecule has 2 heterocycles. The normalized spacial score (nSPS) is 12.1. The Hall–Kier alpha value is -3.67. The molecule has 0 saturated heterocycles. The molecule has 0 aliphatic rings. The molecule has 6 nitrogen and oxygen atoms in total.